The Morgan fingerprint density at radius 3 is 1.49 bits per heavy atom. The summed E-state index contributed by atoms with van der Waals surface area (Å²) >= 11 is 0. The van der Waals surface area contributed by atoms with Gasteiger partial charge in [-0.3, -0.25) is 4.79 Å². The number of aryl methyl sites for hydroxylation is 3. The SMILES string of the molecule is Cc1ccc2cc(C(=O)Oc3ccc(OC=O)cc3)ccc2c1.Cc1ccc2cc(C)ccc2c1. The molecule has 0 N–H and O–H groups in total. The third kappa shape index (κ3) is 6.12. The molecule has 0 aliphatic carbocycles. The Bertz CT molecular complexity index is 1460. The Labute approximate surface area is 204 Å². The number of fused-ring (bicyclic) bond motifs is 2. The van der Waals surface area contributed by atoms with Crippen molar-refractivity contribution in [3.63, 3.8) is 0 Å². The molecule has 0 aliphatic heterocycles. The van der Waals surface area contributed by atoms with E-state index in [4.69, 9.17) is 4.74 Å². The van der Waals surface area contributed by atoms with Crippen LogP contribution in [0.25, 0.3) is 21.5 Å². The minimum Gasteiger partial charge on any atom is -0.429 e. The van der Waals surface area contributed by atoms with Crippen LogP contribution in [0, 0.1) is 20.8 Å². The molecule has 0 amide bonds. The van der Waals surface area contributed by atoms with Crippen molar-refractivity contribution in [2.45, 2.75) is 20.8 Å². The lowest BCUT2D eigenvalue weighted by molar-refractivity contribution is -0.120. The minimum atomic E-state index is -0.434. The Morgan fingerprint density at radius 1 is 0.571 bits per heavy atom. The number of hydrogen-bond donors (Lipinski definition) is 0. The lowest BCUT2D eigenvalue weighted by atomic mass is 10.0. The van der Waals surface area contributed by atoms with Crippen LogP contribution in [0.5, 0.6) is 11.5 Å². The van der Waals surface area contributed by atoms with E-state index in [-0.39, 0.29) is 0 Å². The summed E-state index contributed by atoms with van der Waals surface area (Å²) in [6, 6.07) is 30.9. The molecule has 5 aromatic carbocycles. The highest BCUT2D eigenvalue weighted by atomic mass is 16.5. The highest BCUT2D eigenvalue weighted by Crippen LogP contribution is 2.21. The Morgan fingerprint density at radius 2 is 1.00 bits per heavy atom. The number of ether oxygens (including phenoxy) is 2. The van der Waals surface area contributed by atoms with Gasteiger partial charge in [0.15, 0.2) is 0 Å². The number of carbonyl (C=O) groups is 2. The Kier molecular flexibility index (Phi) is 7.22. The van der Waals surface area contributed by atoms with Crippen molar-refractivity contribution < 1.29 is 19.1 Å². The van der Waals surface area contributed by atoms with Crippen molar-refractivity contribution in [3.05, 3.63) is 119 Å². The number of benzene rings is 5. The van der Waals surface area contributed by atoms with Crippen molar-refractivity contribution in [2.24, 2.45) is 0 Å². The van der Waals surface area contributed by atoms with Crippen molar-refractivity contribution in [1.29, 1.82) is 0 Å². The topological polar surface area (TPSA) is 52.6 Å². The second kappa shape index (κ2) is 10.7. The van der Waals surface area contributed by atoms with Gasteiger partial charge >= 0.3 is 5.97 Å². The lowest BCUT2D eigenvalue weighted by Crippen LogP contribution is -2.08. The van der Waals surface area contributed by atoms with Crippen LogP contribution in [-0.4, -0.2) is 12.4 Å². The zero-order chi connectivity index (χ0) is 24.8. The fourth-order valence-corrected chi connectivity index (χ4v) is 3.78. The van der Waals surface area contributed by atoms with Gasteiger partial charge in [-0.15, -0.1) is 0 Å². The number of hydrogen-bond acceptors (Lipinski definition) is 4. The molecule has 35 heavy (non-hydrogen) atoms. The fraction of sp³-hybridized carbons (Fsp3) is 0.0968. The molecule has 4 nitrogen and oxygen atoms in total. The van der Waals surface area contributed by atoms with Crippen molar-refractivity contribution in [1.82, 2.24) is 0 Å². The standard InChI is InChI=1S/C19H14O4.C12H12/c1-13-2-3-15-11-16(5-4-14(15)10-13)19(21)23-18-8-6-17(7-9-18)22-12-20;1-9-3-5-12-8-10(2)4-6-11(12)7-9/h2-12H,1H3;3-8H,1-2H3. The molecule has 5 rings (SSSR count). The van der Waals surface area contributed by atoms with Crippen LogP contribution >= 0.6 is 0 Å². The molecule has 174 valence electrons. The highest BCUT2D eigenvalue weighted by molar-refractivity contribution is 5.96. The summed E-state index contributed by atoms with van der Waals surface area (Å²) in [5.41, 5.74) is 4.30. The van der Waals surface area contributed by atoms with Crippen LogP contribution in [0.15, 0.2) is 97.1 Å². The third-order valence-electron chi connectivity index (χ3n) is 5.60. The smallest absolute Gasteiger partial charge is 0.343 e. The second-order valence-corrected chi connectivity index (χ2v) is 8.49. The maximum atomic E-state index is 12.2. The first-order valence-electron chi connectivity index (χ1n) is 11.3. The molecule has 0 fully saturated rings. The van der Waals surface area contributed by atoms with E-state index < -0.39 is 5.97 Å². The molecular formula is C31H26O4. The van der Waals surface area contributed by atoms with Crippen LogP contribution in [0.2, 0.25) is 0 Å². The van der Waals surface area contributed by atoms with Crippen LogP contribution in [0.4, 0.5) is 0 Å². The van der Waals surface area contributed by atoms with E-state index >= 15 is 0 Å². The lowest BCUT2D eigenvalue weighted by Gasteiger charge is -2.06. The van der Waals surface area contributed by atoms with E-state index in [2.05, 4.69) is 61.0 Å². The molecule has 0 saturated heterocycles. The van der Waals surface area contributed by atoms with Gasteiger partial charge in [-0.2, -0.15) is 0 Å². The molecule has 0 bridgehead atoms. The largest absolute Gasteiger partial charge is 0.429 e. The summed E-state index contributed by atoms with van der Waals surface area (Å²) in [4.78, 5) is 22.5. The van der Waals surface area contributed by atoms with E-state index in [0.717, 1.165) is 10.8 Å². The molecule has 0 atom stereocenters. The van der Waals surface area contributed by atoms with Gasteiger partial charge in [0.2, 0.25) is 0 Å². The van der Waals surface area contributed by atoms with Crippen LogP contribution in [0.1, 0.15) is 27.0 Å². The predicted molar refractivity (Wildman–Crippen MR) is 140 cm³/mol. The maximum absolute atomic E-state index is 12.2. The molecule has 0 heterocycles. The average Bonchev–Trinajstić information content (AvgIpc) is 2.85. The van der Waals surface area contributed by atoms with E-state index in [1.165, 1.54) is 27.5 Å². The van der Waals surface area contributed by atoms with Gasteiger partial charge in [-0.25, -0.2) is 4.79 Å². The van der Waals surface area contributed by atoms with E-state index in [9.17, 15) is 9.59 Å². The van der Waals surface area contributed by atoms with Gasteiger partial charge < -0.3 is 9.47 Å². The molecule has 0 aromatic heterocycles. The highest BCUT2D eigenvalue weighted by Gasteiger charge is 2.09. The quantitative estimate of drug-likeness (QED) is 0.159. The average molecular weight is 463 g/mol. The minimum absolute atomic E-state index is 0.345. The van der Waals surface area contributed by atoms with Crippen LogP contribution in [-0.2, 0) is 4.79 Å². The number of rotatable bonds is 4. The van der Waals surface area contributed by atoms with E-state index in [1.54, 1.807) is 36.4 Å². The predicted octanol–water partition coefficient (Wildman–Crippen LogP) is 7.36. The van der Waals surface area contributed by atoms with E-state index in [1.807, 2.05) is 25.1 Å². The van der Waals surface area contributed by atoms with E-state index in [0.29, 0.717) is 23.5 Å². The Balaban J connectivity index is 0.000000201. The van der Waals surface area contributed by atoms with Gasteiger partial charge in [0, 0.05) is 0 Å². The second-order valence-electron chi connectivity index (χ2n) is 8.49. The van der Waals surface area contributed by atoms with Gasteiger partial charge in [0.25, 0.3) is 6.47 Å². The number of esters is 1. The summed E-state index contributed by atoms with van der Waals surface area (Å²) < 4.78 is 10.0. The first-order valence-corrected chi connectivity index (χ1v) is 11.3. The first kappa shape index (κ1) is 23.7. The summed E-state index contributed by atoms with van der Waals surface area (Å²) in [6.45, 7) is 6.62. The van der Waals surface area contributed by atoms with Gasteiger partial charge in [0.1, 0.15) is 11.5 Å². The summed E-state index contributed by atoms with van der Waals surface area (Å²) in [6.07, 6.45) is 0. The summed E-state index contributed by atoms with van der Waals surface area (Å²) in [5.74, 6) is 0.342. The molecule has 0 unspecified atom stereocenters. The third-order valence-corrected chi connectivity index (χ3v) is 5.60. The van der Waals surface area contributed by atoms with Gasteiger partial charge in [0.05, 0.1) is 5.56 Å². The zero-order valence-corrected chi connectivity index (χ0v) is 19.9. The zero-order valence-electron chi connectivity index (χ0n) is 19.9. The normalized spacial score (nSPS) is 10.4. The molecule has 5 aromatic rings. The summed E-state index contributed by atoms with van der Waals surface area (Å²) in [5, 5.41) is 4.73. The van der Waals surface area contributed by atoms with Crippen molar-refractivity contribution in [2.75, 3.05) is 0 Å². The molecule has 0 saturated carbocycles. The van der Waals surface area contributed by atoms with Crippen LogP contribution < -0.4 is 9.47 Å². The first-order chi connectivity index (χ1) is 16.9. The Hall–Kier alpha value is -4.44. The van der Waals surface area contributed by atoms with Gasteiger partial charge in [-0.1, -0.05) is 77.4 Å². The van der Waals surface area contributed by atoms with Crippen LogP contribution in [0.3, 0.4) is 0 Å². The monoisotopic (exact) mass is 462 g/mol. The fourth-order valence-electron chi connectivity index (χ4n) is 3.78. The maximum Gasteiger partial charge on any atom is 0.343 e. The molecule has 0 radical (unpaired) electrons. The van der Waals surface area contributed by atoms with Crippen molar-refractivity contribution in [3.8, 4) is 11.5 Å². The van der Waals surface area contributed by atoms with Crippen molar-refractivity contribution >= 4 is 34.0 Å². The molecule has 0 spiro atoms. The molecule has 0 aliphatic rings. The molecular weight excluding hydrogens is 436 g/mol. The summed E-state index contributed by atoms with van der Waals surface area (Å²) in [7, 11) is 0. The van der Waals surface area contributed by atoms with Gasteiger partial charge in [-0.05, 0) is 78.7 Å². The molecule has 4 heteroatoms. The number of carbonyl (C=O) groups excluding carboxylic acids is 2.